The van der Waals surface area contributed by atoms with Gasteiger partial charge in [-0.05, 0) is 6.42 Å². The van der Waals surface area contributed by atoms with E-state index in [1.165, 1.54) is 4.58 Å². The highest BCUT2D eigenvalue weighted by Crippen LogP contribution is 1.94. The predicted molar refractivity (Wildman–Crippen MR) is 32.8 cm³/mol. The minimum atomic E-state index is -0.243. The van der Waals surface area contributed by atoms with E-state index < -0.39 is 0 Å². The zero-order valence-electron chi connectivity index (χ0n) is 5.46. The highest BCUT2D eigenvalue weighted by molar-refractivity contribution is 5.66. The van der Waals surface area contributed by atoms with Crippen molar-refractivity contribution < 1.29 is 14.1 Å². The number of nitrogens with zero attached hydrogens (tertiary/aromatic N) is 1. The van der Waals surface area contributed by atoms with Gasteiger partial charge in [-0.2, -0.15) is 4.79 Å². The third kappa shape index (κ3) is 1.52. The van der Waals surface area contributed by atoms with Crippen molar-refractivity contribution in [1.82, 2.24) is 0 Å². The van der Waals surface area contributed by atoms with E-state index in [-0.39, 0.29) is 6.09 Å². The highest BCUT2D eigenvalue weighted by Gasteiger charge is 2.15. The summed E-state index contributed by atoms with van der Waals surface area (Å²) < 4.78 is 6.25. The van der Waals surface area contributed by atoms with Gasteiger partial charge in [0.15, 0.2) is 6.21 Å². The van der Waals surface area contributed by atoms with Crippen LogP contribution in [0.2, 0.25) is 0 Å². The first kappa shape index (κ1) is 6.26. The summed E-state index contributed by atoms with van der Waals surface area (Å²) in [4.78, 5) is 10.7. The fourth-order valence-electron chi connectivity index (χ4n) is 0.704. The van der Waals surface area contributed by atoms with Gasteiger partial charge in [-0.25, -0.2) is 0 Å². The monoisotopic (exact) mass is 128 g/mol. The third-order valence-corrected chi connectivity index (χ3v) is 1.26. The molecule has 1 aliphatic heterocycles. The zero-order chi connectivity index (χ0) is 6.69. The number of hydrogen-bond acceptors (Lipinski definition) is 2. The Hall–Kier alpha value is -0.860. The van der Waals surface area contributed by atoms with Crippen molar-refractivity contribution >= 4 is 12.3 Å². The van der Waals surface area contributed by atoms with Crippen LogP contribution in [0.4, 0.5) is 4.79 Å². The quantitative estimate of drug-likeness (QED) is 0.448. The maximum absolute atomic E-state index is 10.7. The van der Waals surface area contributed by atoms with Crippen LogP contribution in [-0.4, -0.2) is 30.5 Å². The van der Waals surface area contributed by atoms with E-state index in [9.17, 15) is 4.79 Å². The Morgan fingerprint density at radius 1 is 1.78 bits per heavy atom. The van der Waals surface area contributed by atoms with E-state index in [1.54, 1.807) is 7.05 Å². The maximum atomic E-state index is 10.7. The van der Waals surface area contributed by atoms with Gasteiger partial charge in [0.1, 0.15) is 7.05 Å². The number of ether oxygens (including phenoxy) is 1. The molecule has 50 valence electrons. The van der Waals surface area contributed by atoms with E-state index in [1.807, 2.05) is 6.21 Å². The lowest BCUT2D eigenvalue weighted by atomic mass is 10.3. The lowest BCUT2D eigenvalue weighted by molar-refractivity contribution is -0.408. The smallest absolute Gasteiger partial charge is 0.412 e. The third-order valence-electron chi connectivity index (χ3n) is 1.26. The number of hydrogen-bond donors (Lipinski definition) is 0. The van der Waals surface area contributed by atoms with Crippen molar-refractivity contribution in [3.05, 3.63) is 0 Å². The Kier molecular flexibility index (Phi) is 1.82. The molecule has 1 heterocycles. The van der Waals surface area contributed by atoms with Crippen LogP contribution < -0.4 is 0 Å². The second-order valence-corrected chi connectivity index (χ2v) is 2.05. The van der Waals surface area contributed by atoms with Gasteiger partial charge in [-0.15, -0.1) is 4.58 Å². The fraction of sp³-hybridized carbons (Fsp3) is 0.667. The molecule has 0 saturated heterocycles. The van der Waals surface area contributed by atoms with Gasteiger partial charge in [-0.1, -0.05) is 0 Å². The van der Waals surface area contributed by atoms with Gasteiger partial charge in [-0.3, -0.25) is 0 Å². The van der Waals surface area contributed by atoms with Crippen molar-refractivity contribution in [3.8, 4) is 0 Å². The molecule has 1 aliphatic rings. The Balaban J connectivity index is 2.61. The van der Waals surface area contributed by atoms with Crippen LogP contribution in [0.1, 0.15) is 12.8 Å². The number of rotatable bonds is 0. The van der Waals surface area contributed by atoms with Crippen LogP contribution in [-0.2, 0) is 4.74 Å². The summed E-state index contributed by atoms with van der Waals surface area (Å²) in [6.07, 6.45) is 3.47. The summed E-state index contributed by atoms with van der Waals surface area (Å²) in [7, 11) is 1.70. The van der Waals surface area contributed by atoms with Crippen LogP contribution in [0, 0.1) is 0 Å². The maximum Gasteiger partial charge on any atom is 0.595 e. The summed E-state index contributed by atoms with van der Waals surface area (Å²) in [5, 5.41) is 0. The van der Waals surface area contributed by atoms with Gasteiger partial charge in [0.2, 0.25) is 0 Å². The van der Waals surface area contributed by atoms with Crippen molar-refractivity contribution in [2.24, 2.45) is 0 Å². The molecule has 0 saturated carbocycles. The van der Waals surface area contributed by atoms with Gasteiger partial charge in [0.25, 0.3) is 0 Å². The molecule has 0 unspecified atom stereocenters. The minimum Gasteiger partial charge on any atom is -0.412 e. The molecule has 3 heteroatoms. The van der Waals surface area contributed by atoms with Crippen LogP contribution in [0.25, 0.3) is 0 Å². The molecule has 0 aliphatic carbocycles. The molecular formula is C6H10NO2+. The van der Waals surface area contributed by atoms with Crippen molar-refractivity contribution in [3.63, 3.8) is 0 Å². The molecular weight excluding hydrogens is 118 g/mol. The number of cyclic esters (lactones) is 1. The molecule has 0 aromatic heterocycles. The van der Waals surface area contributed by atoms with Gasteiger partial charge < -0.3 is 4.74 Å². The largest absolute Gasteiger partial charge is 0.595 e. The normalized spacial score (nSPS) is 20.1. The standard InChI is InChI=1S/C6H10NO2/c1-7-4-2-3-5-9-6(7)8/h4H,2-3,5H2,1H3/q+1. The van der Waals surface area contributed by atoms with E-state index in [0.29, 0.717) is 6.61 Å². The summed E-state index contributed by atoms with van der Waals surface area (Å²) in [6.45, 7) is 0.555. The summed E-state index contributed by atoms with van der Waals surface area (Å²) in [5.74, 6) is 0. The van der Waals surface area contributed by atoms with Crippen molar-refractivity contribution in [1.29, 1.82) is 0 Å². The fourth-order valence-corrected chi connectivity index (χ4v) is 0.704. The molecule has 0 spiro atoms. The highest BCUT2D eigenvalue weighted by atomic mass is 16.5. The predicted octanol–water partition coefficient (Wildman–Crippen LogP) is 0.630. The lowest BCUT2D eigenvalue weighted by Crippen LogP contribution is -2.16. The average Bonchev–Trinajstić information content (AvgIpc) is 1.99. The van der Waals surface area contributed by atoms with Gasteiger partial charge >= 0.3 is 6.09 Å². The zero-order valence-corrected chi connectivity index (χ0v) is 5.46. The minimum absolute atomic E-state index is 0.243. The van der Waals surface area contributed by atoms with Crippen LogP contribution in [0.5, 0.6) is 0 Å². The van der Waals surface area contributed by atoms with Gasteiger partial charge in [0.05, 0.1) is 6.61 Å². The van der Waals surface area contributed by atoms with Crippen molar-refractivity contribution in [2.75, 3.05) is 13.7 Å². The molecule has 3 nitrogen and oxygen atoms in total. The van der Waals surface area contributed by atoms with E-state index in [0.717, 1.165) is 12.8 Å². The molecule has 1 rings (SSSR count). The summed E-state index contributed by atoms with van der Waals surface area (Å²) >= 11 is 0. The molecule has 0 aromatic carbocycles. The van der Waals surface area contributed by atoms with E-state index >= 15 is 0 Å². The summed E-state index contributed by atoms with van der Waals surface area (Å²) in [5.41, 5.74) is 0. The van der Waals surface area contributed by atoms with Gasteiger partial charge in [0, 0.05) is 6.42 Å². The van der Waals surface area contributed by atoms with Crippen molar-refractivity contribution in [2.45, 2.75) is 12.8 Å². The van der Waals surface area contributed by atoms with Crippen LogP contribution in [0.15, 0.2) is 0 Å². The Morgan fingerprint density at radius 3 is 3.33 bits per heavy atom. The molecule has 0 aromatic rings. The van der Waals surface area contributed by atoms with Crippen LogP contribution in [0.3, 0.4) is 0 Å². The first-order chi connectivity index (χ1) is 4.30. The van der Waals surface area contributed by atoms with E-state index in [2.05, 4.69) is 0 Å². The second-order valence-electron chi connectivity index (χ2n) is 2.05. The number of carbonyl (C=O) groups excluding carboxylic acids is 1. The summed E-state index contributed by atoms with van der Waals surface area (Å²) in [6, 6.07) is 0. The Bertz CT molecular complexity index is 151. The molecule has 0 N–H and O–H groups in total. The SMILES string of the molecule is C[N+]1=CCCCOC1=O. The Labute approximate surface area is 53.9 Å². The topological polar surface area (TPSA) is 29.3 Å². The van der Waals surface area contributed by atoms with Crippen LogP contribution >= 0.6 is 0 Å². The first-order valence-corrected chi connectivity index (χ1v) is 3.03. The van der Waals surface area contributed by atoms with E-state index in [4.69, 9.17) is 4.74 Å². The molecule has 0 bridgehead atoms. The molecule has 1 amide bonds. The second kappa shape index (κ2) is 2.62. The molecule has 9 heavy (non-hydrogen) atoms. The first-order valence-electron chi connectivity index (χ1n) is 3.03. The number of carbonyl (C=O) groups is 1. The lowest BCUT2D eigenvalue weighted by Gasteiger charge is -1.90. The molecule has 0 radical (unpaired) electrons. The molecule has 0 atom stereocenters. The Morgan fingerprint density at radius 2 is 2.56 bits per heavy atom. The molecule has 0 fully saturated rings. The number of amides is 1. The average molecular weight is 128 g/mol.